The van der Waals surface area contributed by atoms with Gasteiger partial charge < -0.3 is 4.74 Å². The van der Waals surface area contributed by atoms with Gasteiger partial charge in [0.2, 0.25) is 5.91 Å². The Hall–Kier alpha value is -3.99. The number of hydrogen-bond acceptors (Lipinski definition) is 8. The van der Waals surface area contributed by atoms with Crippen LogP contribution in [0.1, 0.15) is 23.2 Å². The smallest absolute Gasteiger partial charge is 0.281 e. The Kier molecular flexibility index (Phi) is 7.02. The molecule has 4 rings (SSSR count). The summed E-state index contributed by atoms with van der Waals surface area (Å²) < 4.78 is 5.98. The lowest BCUT2D eigenvalue weighted by Crippen LogP contribution is -2.39. The predicted molar refractivity (Wildman–Crippen MR) is 121 cm³/mol. The first-order chi connectivity index (χ1) is 16.4. The van der Waals surface area contributed by atoms with Gasteiger partial charge in [-0.1, -0.05) is 18.2 Å². The fourth-order valence-electron chi connectivity index (χ4n) is 3.55. The third kappa shape index (κ3) is 5.31. The lowest BCUT2D eigenvalue weighted by atomic mass is 10.1. The van der Waals surface area contributed by atoms with E-state index in [1.807, 2.05) is 61.5 Å². The molecule has 1 aliphatic rings. The van der Waals surface area contributed by atoms with Crippen molar-refractivity contribution in [2.45, 2.75) is 26.1 Å². The van der Waals surface area contributed by atoms with Crippen LogP contribution in [0.25, 0.3) is 16.6 Å². The van der Waals surface area contributed by atoms with Gasteiger partial charge in [-0.15, -0.1) is 0 Å². The first-order valence-electron chi connectivity index (χ1n) is 10.6. The average molecular weight is 464 g/mol. The Balaban J connectivity index is 1.38. The maximum absolute atomic E-state index is 12.3. The molecular formula is C24H24N4O6. The van der Waals surface area contributed by atoms with E-state index in [0.717, 1.165) is 27.7 Å². The molecular weight excluding hydrogens is 440 g/mol. The molecule has 0 aliphatic carbocycles. The Bertz CT molecular complexity index is 1230. The summed E-state index contributed by atoms with van der Waals surface area (Å²) in [5, 5.41) is 19.7. The minimum Gasteiger partial charge on any atom is -0.489 e. The Morgan fingerprint density at radius 3 is 2.74 bits per heavy atom. The van der Waals surface area contributed by atoms with Crippen LogP contribution in [0.5, 0.6) is 5.75 Å². The summed E-state index contributed by atoms with van der Waals surface area (Å²) >= 11 is 0. The maximum Gasteiger partial charge on any atom is 0.281 e. The number of hydroxylamine groups is 4. The zero-order valence-electron chi connectivity index (χ0n) is 18.4. The number of fused-ring (bicyclic) bond motifs is 1. The third-order valence-electron chi connectivity index (χ3n) is 5.28. The summed E-state index contributed by atoms with van der Waals surface area (Å²) in [7, 11) is 0. The van der Waals surface area contributed by atoms with E-state index in [-0.39, 0.29) is 13.0 Å². The summed E-state index contributed by atoms with van der Waals surface area (Å²) in [4.78, 5) is 33.1. The molecule has 0 bridgehead atoms. The molecule has 0 saturated carbocycles. The molecule has 2 amide bonds. The molecule has 0 fully saturated rings. The van der Waals surface area contributed by atoms with E-state index in [9.17, 15) is 14.8 Å². The second kappa shape index (κ2) is 10.3. The van der Waals surface area contributed by atoms with Crippen molar-refractivity contribution in [2.24, 2.45) is 0 Å². The molecule has 1 aromatic heterocycles. The van der Waals surface area contributed by atoms with Crippen LogP contribution in [0, 0.1) is 6.92 Å². The zero-order valence-corrected chi connectivity index (χ0v) is 18.4. The van der Waals surface area contributed by atoms with E-state index in [1.165, 1.54) is 11.6 Å². The van der Waals surface area contributed by atoms with E-state index >= 15 is 0 Å². The predicted octanol–water partition coefficient (Wildman–Crippen LogP) is 2.48. The number of amides is 2. The highest BCUT2D eigenvalue weighted by Gasteiger charge is 2.28. The summed E-state index contributed by atoms with van der Waals surface area (Å²) in [5.41, 5.74) is 8.33. The van der Waals surface area contributed by atoms with Crippen molar-refractivity contribution in [3.63, 3.8) is 0 Å². The summed E-state index contributed by atoms with van der Waals surface area (Å²) in [6, 6.07) is 17.2. The summed E-state index contributed by atoms with van der Waals surface area (Å²) in [6.07, 6.45) is 0.210. The third-order valence-corrected chi connectivity index (χ3v) is 5.28. The Morgan fingerprint density at radius 1 is 1.21 bits per heavy atom. The van der Waals surface area contributed by atoms with Gasteiger partial charge in [-0.3, -0.25) is 35.3 Å². The number of benzene rings is 2. The minimum absolute atomic E-state index is 0.258. The number of carbonyl (C=O) groups is 2. The second-order valence-electron chi connectivity index (χ2n) is 7.72. The maximum atomic E-state index is 12.3. The number of aromatic nitrogens is 1. The lowest BCUT2D eigenvalue weighted by Gasteiger charge is -2.16. The number of para-hydroxylation sites is 1. The van der Waals surface area contributed by atoms with Crippen LogP contribution in [0.2, 0.25) is 0 Å². The quantitative estimate of drug-likeness (QED) is 0.295. The van der Waals surface area contributed by atoms with E-state index in [1.54, 1.807) is 0 Å². The molecule has 2 heterocycles. The standard InChI is InChI=1S/C24H24N4O6/c1-15-12-17(19-4-2-3-5-20(19)25-15)14-33-18-8-6-16(7-9-18)21-13-22(34-27-21)24(30)28(32)11-10-23(29)26-31/h2-9,12-13,22,27,31-32H,10-11,14H2,1H3,(H,26,29). The molecule has 2 aromatic carbocycles. The van der Waals surface area contributed by atoms with E-state index in [2.05, 4.69) is 10.5 Å². The number of aryl methyl sites for hydroxylation is 1. The Morgan fingerprint density at radius 2 is 1.97 bits per heavy atom. The zero-order chi connectivity index (χ0) is 24.1. The van der Waals surface area contributed by atoms with Crippen LogP contribution >= 0.6 is 0 Å². The van der Waals surface area contributed by atoms with Crippen LogP contribution < -0.4 is 15.7 Å². The first-order valence-corrected chi connectivity index (χ1v) is 10.6. The van der Waals surface area contributed by atoms with Crippen molar-refractivity contribution in [3.05, 3.63) is 77.5 Å². The van der Waals surface area contributed by atoms with Gasteiger partial charge in [0.15, 0.2) is 6.10 Å². The van der Waals surface area contributed by atoms with Gasteiger partial charge in [0.1, 0.15) is 12.4 Å². The number of hydrogen-bond donors (Lipinski definition) is 4. The molecule has 1 aliphatic heterocycles. The molecule has 1 atom stereocenters. The molecule has 0 saturated heterocycles. The molecule has 4 N–H and O–H groups in total. The lowest BCUT2D eigenvalue weighted by molar-refractivity contribution is -0.176. The second-order valence-corrected chi connectivity index (χ2v) is 7.72. The van der Waals surface area contributed by atoms with Crippen LogP contribution in [-0.2, 0) is 21.0 Å². The molecule has 3 aromatic rings. The number of ether oxygens (including phenoxy) is 1. The van der Waals surface area contributed by atoms with Crippen molar-refractivity contribution in [1.82, 2.24) is 21.0 Å². The van der Waals surface area contributed by atoms with Gasteiger partial charge in [0, 0.05) is 23.1 Å². The number of rotatable bonds is 8. The molecule has 0 radical (unpaired) electrons. The van der Waals surface area contributed by atoms with Crippen molar-refractivity contribution >= 4 is 28.4 Å². The molecule has 10 nitrogen and oxygen atoms in total. The molecule has 10 heteroatoms. The van der Waals surface area contributed by atoms with Gasteiger partial charge in [0.25, 0.3) is 5.91 Å². The molecule has 1 unspecified atom stereocenters. The van der Waals surface area contributed by atoms with E-state index < -0.39 is 17.9 Å². The van der Waals surface area contributed by atoms with Crippen LogP contribution in [0.15, 0.2) is 60.7 Å². The van der Waals surface area contributed by atoms with E-state index in [0.29, 0.717) is 23.1 Å². The number of carbonyl (C=O) groups excluding carboxylic acids is 2. The van der Waals surface area contributed by atoms with Gasteiger partial charge >= 0.3 is 0 Å². The fraction of sp³-hybridized carbons (Fsp3) is 0.208. The molecule has 34 heavy (non-hydrogen) atoms. The number of nitrogens with zero attached hydrogens (tertiary/aromatic N) is 2. The highest BCUT2D eigenvalue weighted by molar-refractivity contribution is 5.86. The van der Waals surface area contributed by atoms with Crippen LogP contribution in [0.3, 0.4) is 0 Å². The summed E-state index contributed by atoms with van der Waals surface area (Å²) in [6.45, 7) is 2.06. The van der Waals surface area contributed by atoms with Crippen molar-refractivity contribution in [1.29, 1.82) is 0 Å². The topological polar surface area (TPSA) is 133 Å². The minimum atomic E-state index is -1.06. The van der Waals surface area contributed by atoms with Gasteiger partial charge in [-0.25, -0.2) is 10.5 Å². The highest BCUT2D eigenvalue weighted by atomic mass is 16.7. The van der Waals surface area contributed by atoms with Crippen LogP contribution in [-0.4, -0.2) is 44.9 Å². The molecule has 0 spiro atoms. The SMILES string of the molecule is Cc1cc(COc2ccc(C3=CC(C(=O)N(O)CCC(=O)NO)ON3)cc2)c2ccccc2n1. The normalized spacial score (nSPS) is 14.9. The van der Waals surface area contributed by atoms with E-state index in [4.69, 9.17) is 14.8 Å². The fourth-order valence-corrected chi connectivity index (χ4v) is 3.55. The highest BCUT2D eigenvalue weighted by Crippen LogP contribution is 2.24. The van der Waals surface area contributed by atoms with Gasteiger partial charge in [0.05, 0.1) is 17.8 Å². The summed E-state index contributed by atoms with van der Waals surface area (Å²) in [5.74, 6) is -0.783. The van der Waals surface area contributed by atoms with Crippen LogP contribution in [0.4, 0.5) is 0 Å². The monoisotopic (exact) mass is 464 g/mol. The number of nitrogens with one attached hydrogen (secondary N) is 2. The largest absolute Gasteiger partial charge is 0.489 e. The van der Waals surface area contributed by atoms with Gasteiger partial charge in [-0.05, 0) is 55.0 Å². The first kappa shape index (κ1) is 23.2. The van der Waals surface area contributed by atoms with Crippen molar-refractivity contribution in [3.8, 4) is 5.75 Å². The van der Waals surface area contributed by atoms with Crippen molar-refractivity contribution < 1.29 is 29.6 Å². The van der Waals surface area contributed by atoms with Crippen molar-refractivity contribution in [2.75, 3.05) is 6.54 Å². The Labute approximate surface area is 195 Å². The molecule has 176 valence electrons. The number of pyridine rings is 1. The average Bonchev–Trinajstić information content (AvgIpc) is 3.35. The van der Waals surface area contributed by atoms with Gasteiger partial charge in [-0.2, -0.15) is 0 Å².